The van der Waals surface area contributed by atoms with Crippen molar-refractivity contribution in [1.82, 2.24) is 15.5 Å². The van der Waals surface area contributed by atoms with E-state index in [1.54, 1.807) is 14.2 Å². The van der Waals surface area contributed by atoms with Crippen LogP contribution in [-0.4, -0.2) is 51.8 Å². The number of aliphatic imine (C=N–C) groups is 1. The fourth-order valence-corrected chi connectivity index (χ4v) is 4.03. The van der Waals surface area contributed by atoms with Gasteiger partial charge in [-0.25, -0.2) is 0 Å². The van der Waals surface area contributed by atoms with Gasteiger partial charge in [0.05, 0.1) is 19.8 Å². The molecule has 1 atom stereocenters. The molecule has 3 rings (SSSR count). The lowest BCUT2D eigenvalue weighted by Crippen LogP contribution is -2.42. The Morgan fingerprint density at radius 2 is 1.77 bits per heavy atom. The van der Waals surface area contributed by atoms with Gasteiger partial charge in [0.25, 0.3) is 0 Å². The highest BCUT2D eigenvalue weighted by molar-refractivity contribution is 14.0. The maximum Gasteiger partial charge on any atom is 0.191 e. The van der Waals surface area contributed by atoms with Gasteiger partial charge in [-0.1, -0.05) is 42.5 Å². The lowest BCUT2D eigenvalue weighted by atomic mass is 10.0. The molecule has 0 amide bonds. The van der Waals surface area contributed by atoms with E-state index in [9.17, 15) is 0 Å². The van der Waals surface area contributed by atoms with E-state index in [-0.39, 0.29) is 30.0 Å². The summed E-state index contributed by atoms with van der Waals surface area (Å²) in [6.45, 7) is 4.33. The number of rotatable bonds is 9. The summed E-state index contributed by atoms with van der Waals surface area (Å²) in [5.74, 6) is 1.74. The standard InChI is InChI=1S/C24H34N4O2.HI/c1-25-24(26-16-19-9-8-10-20(15-19)18-29-2)27-17-22(28-13-6-7-14-28)21-11-4-5-12-23(21)30-3;/h4-5,8-12,15,22H,6-7,13-14,16-18H2,1-3H3,(H2,25,26,27);1H. The van der Waals surface area contributed by atoms with Crippen molar-refractivity contribution in [1.29, 1.82) is 0 Å². The third-order valence-electron chi connectivity index (χ3n) is 5.53. The van der Waals surface area contributed by atoms with Crippen molar-refractivity contribution in [3.05, 3.63) is 65.2 Å². The molecule has 31 heavy (non-hydrogen) atoms. The summed E-state index contributed by atoms with van der Waals surface area (Å²) in [7, 11) is 5.27. The number of nitrogens with one attached hydrogen (secondary N) is 2. The lowest BCUT2D eigenvalue weighted by molar-refractivity contribution is 0.185. The molecule has 1 aliphatic rings. The summed E-state index contributed by atoms with van der Waals surface area (Å²) < 4.78 is 10.9. The van der Waals surface area contributed by atoms with Crippen LogP contribution >= 0.6 is 24.0 Å². The van der Waals surface area contributed by atoms with Crippen LogP contribution in [0.1, 0.15) is 35.6 Å². The van der Waals surface area contributed by atoms with E-state index in [1.807, 2.05) is 19.2 Å². The van der Waals surface area contributed by atoms with Crippen LogP contribution in [0.2, 0.25) is 0 Å². The highest BCUT2D eigenvalue weighted by Gasteiger charge is 2.26. The molecule has 1 saturated heterocycles. The van der Waals surface area contributed by atoms with Crippen LogP contribution in [0.4, 0.5) is 0 Å². The maximum atomic E-state index is 5.64. The molecular weight excluding hydrogens is 503 g/mol. The average molecular weight is 538 g/mol. The Balaban J connectivity index is 0.00000341. The molecular formula is C24H35IN4O2. The molecule has 1 unspecified atom stereocenters. The molecule has 2 aromatic rings. The van der Waals surface area contributed by atoms with E-state index in [2.05, 4.69) is 56.9 Å². The number of methoxy groups -OCH3 is 2. The first-order valence-corrected chi connectivity index (χ1v) is 10.6. The molecule has 0 spiro atoms. The van der Waals surface area contributed by atoms with Crippen molar-refractivity contribution in [3.8, 4) is 5.75 Å². The van der Waals surface area contributed by atoms with Gasteiger partial charge in [-0.3, -0.25) is 9.89 Å². The monoisotopic (exact) mass is 538 g/mol. The Morgan fingerprint density at radius 1 is 1.03 bits per heavy atom. The molecule has 2 N–H and O–H groups in total. The Bertz CT molecular complexity index is 825. The van der Waals surface area contributed by atoms with Crippen molar-refractivity contribution in [2.24, 2.45) is 4.99 Å². The van der Waals surface area contributed by atoms with Crippen molar-refractivity contribution in [2.45, 2.75) is 32.0 Å². The Morgan fingerprint density at radius 3 is 2.48 bits per heavy atom. The molecule has 0 radical (unpaired) electrons. The van der Waals surface area contributed by atoms with E-state index in [1.165, 1.54) is 29.5 Å². The zero-order chi connectivity index (χ0) is 21.2. The van der Waals surface area contributed by atoms with Crippen LogP contribution in [0.3, 0.4) is 0 Å². The van der Waals surface area contributed by atoms with Crippen molar-refractivity contribution in [2.75, 3.05) is 40.9 Å². The van der Waals surface area contributed by atoms with Crippen molar-refractivity contribution in [3.63, 3.8) is 0 Å². The number of para-hydroxylation sites is 1. The number of halogens is 1. The summed E-state index contributed by atoms with van der Waals surface area (Å²) in [4.78, 5) is 6.95. The second-order valence-corrected chi connectivity index (χ2v) is 7.56. The van der Waals surface area contributed by atoms with Gasteiger partial charge < -0.3 is 20.1 Å². The predicted molar refractivity (Wildman–Crippen MR) is 137 cm³/mol. The predicted octanol–water partition coefficient (Wildman–Crippen LogP) is 3.96. The summed E-state index contributed by atoms with van der Waals surface area (Å²) in [6, 6.07) is 17.0. The molecule has 6 nitrogen and oxygen atoms in total. The van der Waals surface area contributed by atoms with Gasteiger partial charge in [0.1, 0.15) is 5.75 Å². The number of likely N-dealkylation sites (tertiary alicyclic amines) is 1. The van der Waals surface area contributed by atoms with E-state index in [4.69, 9.17) is 9.47 Å². The van der Waals surface area contributed by atoms with Crippen LogP contribution in [0, 0.1) is 0 Å². The minimum atomic E-state index is 0. The van der Waals surface area contributed by atoms with E-state index in [0.29, 0.717) is 13.2 Å². The fourth-order valence-electron chi connectivity index (χ4n) is 4.03. The third-order valence-corrected chi connectivity index (χ3v) is 5.53. The number of hydrogen-bond donors (Lipinski definition) is 2. The largest absolute Gasteiger partial charge is 0.496 e. The lowest BCUT2D eigenvalue weighted by Gasteiger charge is -2.30. The topological polar surface area (TPSA) is 58.1 Å². The number of hydrogen-bond acceptors (Lipinski definition) is 4. The molecule has 0 bridgehead atoms. The molecule has 2 aromatic carbocycles. The number of nitrogens with zero attached hydrogens (tertiary/aromatic N) is 2. The summed E-state index contributed by atoms with van der Waals surface area (Å²) in [6.07, 6.45) is 2.49. The Hall–Kier alpha value is -1.84. The van der Waals surface area contributed by atoms with Gasteiger partial charge in [0.15, 0.2) is 5.96 Å². The normalized spacial score (nSPS) is 15.3. The number of benzene rings is 2. The van der Waals surface area contributed by atoms with Crippen molar-refractivity contribution < 1.29 is 9.47 Å². The molecule has 1 aliphatic heterocycles. The van der Waals surface area contributed by atoms with Crippen LogP contribution in [-0.2, 0) is 17.9 Å². The minimum Gasteiger partial charge on any atom is -0.496 e. The zero-order valence-electron chi connectivity index (χ0n) is 18.8. The second kappa shape index (κ2) is 13.5. The van der Waals surface area contributed by atoms with E-state index < -0.39 is 0 Å². The van der Waals surface area contributed by atoms with Crippen LogP contribution in [0.5, 0.6) is 5.75 Å². The second-order valence-electron chi connectivity index (χ2n) is 7.56. The van der Waals surface area contributed by atoms with Gasteiger partial charge in [-0.15, -0.1) is 24.0 Å². The SMILES string of the molecule is CN=C(NCc1cccc(COC)c1)NCC(c1ccccc1OC)N1CCCC1.I. The highest BCUT2D eigenvalue weighted by atomic mass is 127. The zero-order valence-corrected chi connectivity index (χ0v) is 21.1. The minimum absolute atomic E-state index is 0. The number of ether oxygens (including phenoxy) is 2. The smallest absolute Gasteiger partial charge is 0.191 e. The first-order valence-electron chi connectivity index (χ1n) is 10.6. The molecule has 1 heterocycles. The van der Waals surface area contributed by atoms with Crippen LogP contribution in [0.15, 0.2) is 53.5 Å². The Labute approximate surface area is 203 Å². The molecule has 170 valence electrons. The van der Waals surface area contributed by atoms with Gasteiger partial charge in [0, 0.05) is 32.8 Å². The van der Waals surface area contributed by atoms with E-state index in [0.717, 1.165) is 31.3 Å². The molecule has 1 fully saturated rings. The summed E-state index contributed by atoms with van der Waals surface area (Å²) >= 11 is 0. The molecule has 0 aromatic heterocycles. The number of guanidine groups is 1. The van der Waals surface area contributed by atoms with Crippen LogP contribution in [0.25, 0.3) is 0 Å². The highest BCUT2D eigenvalue weighted by Crippen LogP contribution is 2.31. The first-order chi connectivity index (χ1) is 14.7. The molecule has 7 heteroatoms. The maximum absolute atomic E-state index is 5.64. The summed E-state index contributed by atoms with van der Waals surface area (Å²) in [5, 5.41) is 6.95. The molecule has 0 aliphatic carbocycles. The van der Waals surface area contributed by atoms with E-state index >= 15 is 0 Å². The van der Waals surface area contributed by atoms with Gasteiger partial charge in [-0.2, -0.15) is 0 Å². The molecule has 0 saturated carbocycles. The third kappa shape index (κ3) is 7.36. The van der Waals surface area contributed by atoms with Crippen LogP contribution < -0.4 is 15.4 Å². The summed E-state index contributed by atoms with van der Waals surface area (Å²) in [5.41, 5.74) is 3.59. The first kappa shape index (κ1) is 25.4. The quantitative estimate of drug-likeness (QED) is 0.288. The average Bonchev–Trinajstić information content (AvgIpc) is 3.31. The fraction of sp³-hybridized carbons (Fsp3) is 0.458. The van der Waals surface area contributed by atoms with Gasteiger partial charge in [0.2, 0.25) is 0 Å². The van der Waals surface area contributed by atoms with Crippen molar-refractivity contribution >= 4 is 29.9 Å². The van der Waals surface area contributed by atoms with Gasteiger partial charge >= 0.3 is 0 Å². The Kier molecular flexibility index (Phi) is 11.1. The van der Waals surface area contributed by atoms with Gasteiger partial charge in [-0.05, 0) is 43.1 Å².